The molecule has 0 aliphatic heterocycles. The van der Waals surface area contributed by atoms with E-state index in [1.165, 1.54) is 5.56 Å². The Kier molecular flexibility index (Phi) is 7.93. The summed E-state index contributed by atoms with van der Waals surface area (Å²) in [6.07, 6.45) is 3.93. The van der Waals surface area contributed by atoms with Gasteiger partial charge in [0, 0.05) is 25.7 Å². The highest BCUT2D eigenvalue weighted by Gasteiger charge is 2.20. The van der Waals surface area contributed by atoms with E-state index in [2.05, 4.69) is 67.1 Å². The first kappa shape index (κ1) is 16.7. The summed E-state index contributed by atoms with van der Waals surface area (Å²) in [5.74, 6) is 0. The van der Waals surface area contributed by atoms with Crippen molar-refractivity contribution >= 4 is 0 Å². The fourth-order valence-corrected chi connectivity index (χ4v) is 2.60. The molecule has 0 saturated heterocycles. The second-order valence-corrected chi connectivity index (χ2v) is 4.94. The number of rotatable bonds is 10. The highest BCUT2D eigenvalue weighted by molar-refractivity contribution is 5.19. The van der Waals surface area contributed by atoms with Crippen molar-refractivity contribution in [3.63, 3.8) is 0 Å². The summed E-state index contributed by atoms with van der Waals surface area (Å²) >= 11 is 0. The van der Waals surface area contributed by atoms with E-state index in [-0.39, 0.29) is 0 Å². The number of likely N-dealkylation sites (N-methyl/N-ethyl adjacent to an activating group) is 1. The lowest BCUT2D eigenvalue weighted by atomic mass is 10.0. The average Bonchev–Trinajstić information content (AvgIpc) is 2.48. The second-order valence-electron chi connectivity index (χ2n) is 4.94. The molecule has 0 aromatic heterocycles. The fourth-order valence-electron chi connectivity index (χ4n) is 2.60. The van der Waals surface area contributed by atoms with E-state index in [9.17, 15) is 0 Å². The van der Waals surface area contributed by atoms with Gasteiger partial charge in [0.05, 0.1) is 0 Å². The topological polar surface area (TPSA) is 6.48 Å². The zero-order valence-electron chi connectivity index (χ0n) is 13.0. The van der Waals surface area contributed by atoms with Gasteiger partial charge in [0.15, 0.2) is 0 Å². The largest absolute Gasteiger partial charge is 0.296 e. The van der Waals surface area contributed by atoms with Gasteiger partial charge in [-0.2, -0.15) is 0 Å². The molecule has 1 aromatic carbocycles. The molecule has 2 nitrogen and oxygen atoms in total. The molecule has 0 aliphatic rings. The molecule has 0 unspecified atom stereocenters. The molecule has 1 atom stereocenters. The van der Waals surface area contributed by atoms with Crippen molar-refractivity contribution in [2.75, 3.05) is 32.7 Å². The monoisotopic (exact) mass is 272 g/mol. The lowest BCUT2D eigenvalue weighted by Gasteiger charge is -2.34. The molecule has 1 aromatic rings. The van der Waals surface area contributed by atoms with Crippen molar-refractivity contribution in [1.82, 2.24) is 9.80 Å². The first-order chi connectivity index (χ1) is 9.76. The van der Waals surface area contributed by atoms with Crippen LogP contribution in [0.15, 0.2) is 55.6 Å². The van der Waals surface area contributed by atoms with Crippen LogP contribution >= 0.6 is 0 Å². The van der Waals surface area contributed by atoms with Crippen LogP contribution < -0.4 is 0 Å². The quantitative estimate of drug-likeness (QED) is 0.599. The van der Waals surface area contributed by atoms with Crippen molar-refractivity contribution in [2.45, 2.75) is 19.9 Å². The van der Waals surface area contributed by atoms with Gasteiger partial charge in [-0.25, -0.2) is 0 Å². The SMILES string of the molecule is C=CCN(CC=C)C[C@H](c1ccccc1)N(CC)CC. The Bertz CT molecular complexity index is 372. The Hall–Kier alpha value is -1.38. The Balaban J connectivity index is 2.91. The molecule has 0 bridgehead atoms. The molecule has 0 heterocycles. The van der Waals surface area contributed by atoms with Crippen LogP contribution in [-0.2, 0) is 0 Å². The first-order valence-electron chi connectivity index (χ1n) is 7.49. The normalized spacial score (nSPS) is 12.6. The second kappa shape index (κ2) is 9.51. The van der Waals surface area contributed by atoms with Gasteiger partial charge >= 0.3 is 0 Å². The van der Waals surface area contributed by atoms with Gasteiger partial charge in [0.25, 0.3) is 0 Å². The van der Waals surface area contributed by atoms with Crippen LogP contribution in [0, 0.1) is 0 Å². The van der Waals surface area contributed by atoms with Gasteiger partial charge in [-0.1, -0.05) is 56.3 Å². The molecule has 0 radical (unpaired) electrons. The predicted octanol–water partition coefficient (Wildman–Crippen LogP) is 3.74. The van der Waals surface area contributed by atoms with Crippen LogP contribution in [0.3, 0.4) is 0 Å². The predicted molar refractivity (Wildman–Crippen MR) is 88.9 cm³/mol. The first-order valence-corrected chi connectivity index (χ1v) is 7.49. The van der Waals surface area contributed by atoms with E-state index in [0.29, 0.717) is 6.04 Å². The van der Waals surface area contributed by atoms with Crippen LogP contribution in [0.4, 0.5) is 0 Å². The number of nitrogens with zero attached hydrogens (tertiary/aromatic N) is 2. The molecule has 0 saturated carbocycles. The Morgan fingerprint density at radius 1 is 1.00 bits per heavy atom. The zero-order valence-corrected chi connectivity index (χ0v) is 13.0. The molecule has 110 valence electrons. The van der Waals surface area contributed by atoms with Gasteiger partial charge in [-0.15, -0.1) is 13.2 Å². The van der Waals surface area contributed by atoms with Gasteiger partial charge in [0.2, 0.25) is 0 Å². The molecular formula is C18H28N2. The average molecular weight is 272 g/mol. The summed E-state index contributed by atoms with van der Waals surface area (Å²) in [6, 6.07) is 11.2. The van der Waals surface area contributed by atoms with Crippen molar-refractivity contribution in [3.05, 3.63) is 61.2 Å². The van der Waals surface area contributed by atoms with E-state index in [4.69, 9.17) is 0 Å². The number of benzene rings is 1. The number of hydrogen-bond donors (Lipinski definition) is 0. The lowest BCUT2D eigenvalue weighted by molar-refractivity contribution is 0.163. The van der Waals surface area contributed by atoms with Gasteiger partial charge in [-0.3, -0.25) is 9.80 Å². The molecule has 2 heteroatoms. The molecule has 0 amide bonds. The van der Waals surface area contributed by atoms with Crippen LogP contribution in [-0.4, -0.2) is 42.5 Å². The third-order valence-corrected chi connectivity index (χ3v) is 3.64. The van der Waals surface area contributed by atoms with E-state index in [1.54, 1.807) is 0 Å². The minimum absolute atomic E-state index is 0.422. The maximum Gasteiger partial charge on any atom is 0.0475 e. The highest BCUT2D eigenvalue weighted by Crippen LogP contribution is 2.21. The minimum Gasteiger partial charge on any atom is -0.296 e. The van der Waals surface area contributed by atoms with Gasteiger partial charge in [-0.05, 0) is 18.7 Å². The van der Waals surface area contributed by atoms with E-state index >= 15 is 0 Å². The van der Waals surface area contributed by atoms with Crippen molar-refractivity contribution in [2.24, 2.45) is 0 Å². The standard InChI is InChI=1S/C18H28N2/c1-5-14-19(15-6-2)16-18(20(7-3)8-4)17-12-10-9-11-13-17/h5-6,9-13,18H,1-2,7-8,14-16H2,3-4H3/t18-/m1/s1. The molecular weight excluding hydrogens is 244 g/mol. The van der Waals surface area contributed by atoms with Crippen molar-refractivity contribution < 1.29 is 0 Å². The summed E-state index contributed by atoms with van der Waals surface area (Å²) in [4.78, 5) is 4.89. The molecule has 0 N–H and O–H groups in total. The minimum atomic E-state index is 0.422. The van der Waals surface area contributed by atoms with Crippen LogP contribution in [0.1, 0.15) is 25.5 Å². The zero-order chi connectivity index (χ0) is 14.8. The van der Waals surface area contributed by atoms with Gasteiger partial charge < -0.3 is 0 Å². The molecule has 1 rings (SSSR count). The number of hydrogen-bond acceptors (Lipinski definition) is 2. The smallest absolute Gasteiger partial charge is 0.0475 e. The molecule has 20 heavy (non-hydrogen) atoms. The fraction of sp³-hybridized carbons (Fsp3) is 0.444. The van der Waals surface area contributed by atoms with Crippen LogP contribution in [0.5, 0.6) is 0 Å². The summed E-state index contributed by atoms with van der Waals surface area (Å²) in [6.45, 7) is 17.1. The summed E-state index contributed by atoms with van der Waals surface area (Å²) in [5.41, 5.74) is 1.38. The molecule has 0 aliphatic carbocycles. The van der Waals surface area contributed by atoms with E-state index < -0.39 is 0 Å². The van der Waals surface area contributed by atoms with Crippen molar-refractivity contribution in [1.29, 1.82) is 0 Å². The summed E-state index contributed by atoms with van der Waals surface area (Å²) in [7, 11) is 0. The third-order valence-electron chi connectivity index (χ3n) is 3.64. The molecule has 0 fully saturated rings. The Morgan fingerprint density at radius 2 is 1.55 bits per heavy atom. The lowest BCUT2D eigenvalue weighted by Crippen LogP contribution is -2.38. The Labute approximate surface area is 124 Å². The van der Waals surface area contributed by atoms with Crippen LogP contribution in [0.2, 0.25) is 0 Å². The van der Waals surface area contributed by atoms with Gasteiger partial charge in [0.1, 0.15) is 0 Å². The van der Waals surface area contributed by atoms with Crippen molar-refractivity contribution in [3.8, 4) is 0 Å². The Morgan fingerprint density at radius 3 is 2.00 bits per heavy atom. The third kappa shape index (κ3) is 4.95. The van der Waals surface area contributed by atoms with Crippen LogP contribution in [0.25, 0.3) is 0 Å². The summed E-state index contributed by atoms with van der Waals surface area (Å²) in [5, 5.41) is 0. The summed E-state index contributed by atoms with van der Waals surface area (Å²) < 4.78 is 0. The molecule has 0 spiro atoms. The maximum atomic E-state index is 3.86. The highest BCUT2D eigenvalue weighted by atomic mass is 15.2. The van der Waals surface area contributed by atoms with E-state index in [1.807, 2.05) is 12.2 Å². The van der Waals surface area contributed by atoms with E-state index in [0.717, 1.165) is 32.7 Å². The maximum absolute atomic E-state index is 3.86.